The summed E-state index contributed by atoms with van der Waals surface area (Å²) in [5.74, 6) is 0.783. The number of ether oxygens (including phenoxy) is 5. The third kappa shape index (κ3) is 8.88. The van der Waals surface area contributed by atoms with Gasteiger partial charge in [-0.15, -0.1) is 0 Å². The lowest BCUT2D eigenvalue weighted by atomic mass is 9.95. The van der Waals surface area contributed by atoms with E-state index in [0.717, 1.165) is 36.4 Å². The lowest BCUT2D eigenvalue weighted by Gasteiger charge is -2.34. The Morgan fingerprint density at radius 1 is 0.796 bits per heavy atom. The van der Waals surface area contributed by atoms with E-state index in [9.17, 15) is 18.0 Å². The van der Waals surface area contributed by atoms with Gasteiger partial charge in [0.05, 0.1) is 46.1 Å². The molecule has 3 aromatic carbocycles. The number of anilines is 1. The fourth-order valence-corrected chi connectivity index (χ4v) is 7.47. The lowest BCUT2D eigenvalue weighted by molar-refractivity contribution is -0.140. The molecule has 12 nitrogen and oxygen atoms in total. The average Bonchev–Trinajstić information content (AvgIpc) is 3.13. The van der Waals surface area contributed by atoms with Gasteiger partial charge in [0.2, 0.25) is 11.8 Å². The van der Waals surface area contributed by atoms with Gasteiger partial charge in [-0.3, -0.25) is 13.9 Å². The molecule has 3 aromatic rings. The number of nitrogens with zero attached hydrogens (tertiary/aromatic N) is 2. The molecule has 1 aliphatic carbocycles. The number of nitrogens with one attached hydrogen (secondary N) is 1. The summed E-state index contributed by atoms with van der Waals surface area (Å²) in [5.41, 5.74) is 0.788. The Hall–Kier alpha value is -4.65. The Morgan fingerprint density at radius 2 is 1.45 bits per heavy atom. The molecule has 1 saturated carbocycles. The maximum Gasteiger partial charge on any atom is 0.265 e. The molecule has 0 saturated heterocycles. The first-order valence-corrected chi connectivity index (χ1v) is 17.7. The fraction of sp³-hybridized carbons (Fsp3) is 0.444. The van der Waals surface area contributed by atoms with E-state index in [4.69, 9.17) is 23.7 Å². The van der Waals surface area contributed by atoms with Crippen molar-refractivity contribution in [3.05, 3.63) is 66.2 Å². The Bertz CT molecular complexity index is 1690. The zero-order valence-electron chi connectivity index (χ0n) is 29.1. The van der Waals surface area contributed by atoms with E-state index in [1.807, 2.05) is 13.0 Å². The van der Waals surface area contributed by atoms with Crippen molar-refractivity contribution in [2.75, 3.05) is 46.4 Å². The molecule has 0 bridgehead atoms. The van der Waals surface area contributed by atoms with Crippen LogP contribution >= 0.6 is 0 Å². The quantitative estimate of drug-likeness (QED) is 0.215. The van der Waals surface area contributed by atoms with Gasteiger partial charge in [0, 0.05) is 24.7 Å². The van der Waals surface area contributed by atoms with Crippen molar-refractivity contribution in [1.29, 1.82) is 0 Å². The molecule has 1 atom stereocenters. The minimum absolute atomic E-state index is 0.0204. The van der Waals surface area contributed by atoms with E-state index >= 15 is 0 Å². The minimum atomic E-state index is -4.46. The molecule has 1 aliphatic rings. The van der Waals surface area contributed by atoms with Crippen LogP contribution in [0.5, 0.6) is 28.7 Å². The molecule has 266 valence electrons. The highest BCUT2D eigenvalue weighted by molar-refractivity contribution is 7.92. The van der Waals surface area contributed by atoms with Gasteiger partial charge in [-0.05, 0) is 61.2 Å². The molecular weight excluding hydrogens is 650 g/mol. The van der Waals surface area contributed by atoms with Crippen LogP contribution in [0, 0.1) is 0 Å². The number of methoxy groups -OCH3 is 5. The first kappa shape index (κ1) is 37.2. The second-order valence-electron chi connectivity index (χ2n) is 11.7. The smallest absolute Gasteiger partial charge is 0.265 e. The van der Waals surface area contributed by atoms with E-state index in [1.165, 1.54) is 57.6 Å². The topological polar surface area (TPSA) is 133 Å². The second-order valence-corrected chi connectivity index (χ2v) is 13.6. The molecule has 0 radical (unpaired) electrons. The van der Waals surface area contributed by atoms with Crippen molar-refractivity contribution < 1.29 is 41.7 Å². The first-order valence-electron chi connectivity index (χ1n) is 16.3. The predicted octanol–water partition coefficient (Wildman–Crippen LogP) is 5.18. The van der Waals surface area contributed by atoms with Gasteiger partial charge in [-0.25, -0.2) is 8.42 Å². The van der Waals surface area contributed by atoms with Crippen molar-refractivity contribution in [3.63, 3.8) is 0 Å². The van der Waals surface area contributed by atoms with Crippen LogP contribution in [0.4, 0.5) is 5.69 Å². The summed E-state index contributed by atoms with van der Waals surface area (Å²) >= 11 is 0. The number of carbonyl (C=O) groups excluding carboxylic acids is 2. The Balaban J connectivity index is 1.82. The third-order valence-corrected chi connectivity index (χ3v) is 10.5. The van der Waals surface area contributed by atoms with Crippen LogP contribution in [0.2, 0.25) is 0 Å². The maximum atomic E-state index is 14.6. The third-order valence-electron chi connectivity index (χ3n) is 8.70. The fourth-order valence-electron chi connectivity index (χ4n) is 6.04. The SMILES string of the molecule is CCC(C(=O)NC1CCCCC1)N(Cc1cccc(OC)c1)C(=O)CN(c1cc(OC)ccc1OC)S(=O)(=O)c1ccc(OC)c(OC)c1. The molecule has 2 amide bonds. The van der Waals surface area contributed by atoms with Crippen LogP contribution in [0.15, 0.2) is 65.6 Å². The highest BCUT2D eigenvalue weighted by Gasteiger charge is 2.36. The van der Waals surface area contributed by atoms with Crippen molar-refractivity contribution in [1.82, 2.24) is 10.2 Å². The highest BCUT2D eigenvalue weighted by atomic mass is 32.2. The second kappa shape index (κ2) is 17.1. The van der Waals surface area contributed by atoms with Crippen molar-refractivity contribution >= 4 is 27.5 Å². The number of rotatable bonds is 16. The Labute approximate surface area is 289 Å². The summed E-state index contributed by atoms with van der Waals surface area (Å²) in [6, 6.07) is 15.2. The molecule has 0 spiro atoms. The lowest BCUT2D eigenvalue weighted by Crippen LogP contribution is -2.54. The molecular formula is C36H47N3O9S. The zero-order chi connectivity index (χ0) is 35.6. The summed E-state index contributed by atoms with van der Waals surface area (Å²) < 4.78 is 57.3. The van der Waals surface area contributed by atoms with E-state index in [2.05, 4.69) is 5.32 Å². The number of carbonyl (C=O) groups is 2. The van der Waals surface area contributed by atoms with E-state index in [-0.39, 0.29) is 40.6 Å². The number of hydrogen-bond acceptors (Lipinski definition) is 9. The summed E-state index contributed by atoms with van der Waals surface area (Å²) in [5, 5.41) is 3.16. The number of amides is 2. The monoisotopic (exact) mass is 697 g/mol. The number of hydrogen-bond donors (Lipinski definition) is 1. The standard InChI is InChI=1S/C36H47N3O9S/c1-7-30(36(41)37-26-13-9-8-10-14-26)38(23-25-12-11-15-27(20-25)44-2)35(40)24-39(31-21-28(45-3)16-18-32(31)46-4)49(42,43)29-17-19-33(47-5)34(22-29)48-6/h11-12,15-22,26,30H,7-10,13-14,23-24H2,1-6H3,(H,37,41). The Morgan fingerprint density at radius 3 is 2.08 bits per heavy atom. The van der Waals surface area contributed by atoms with Gasteiger partial charge >= 0.3 is 0 Å². The minimum Gasteiger partial charge on any atom is -0.497 e. The molecule has 1 fully saturated rings. The molecule has 0 aromatic heterocycles. The van der Waals surface area contributed by atoms with Crippen LogP contribution < -0.4 is 33.3 Å². The predicted molar refractivity (Wildman–Crippen MR) is 186 cm³/mol. The zero-order valence-corrected chi connectivity index (χ0v) is 29.9. The summed E-state index contributed by atoms with van der Waals surface area (Å²) in [6.45, 7) is 1.21. The van der Waals surface area contributed by atoms with Gasteiger partial charge in [-0.2, -0.15) is 0 Å². The van der Waals surface area contributed by atoms with E-state index in [1.54, 1.807) is 37.4 Å². The molecule has 4 rings (SSSR count). The van der Waals surface area contributed by atoms with Crippen molar-refractivity contribution in [2.24, 2.45) is 0 Å². The molecule has 1 unspecified atom stereocenters. The summed E-state index contributed by atoms with van der Waals surface area (Å²) in [4.78, 5) is 29.8. The van der Waals surface area contributed by atoms with Gasteiger partial charge < -0.3 is 33.9 Å². The number of sulfonamides is 1. The van der Waals surface area contributed by atoms with Gasteiger partial charge in [0.25, 0.3) is 10.0 Å². The maximum absolute atomic E-state index is 14.6. The largest absolute Gasteiger partial charge is 0.497 e. The van der Waals surface area contributed by atoms with Crippen LogP contribution in [0.25, 0.3) is 0 Å². The van der Waals surface area contributed by atoms with E-state index in [0.29, 0.717) is 29.2 Å². The molecule has 49 heavy (non-hydrogen) atoms. The molecule has 1 N–H and O–H groups in total. The van der Waals surface area contributed by atoms with Crippen LogP contribution in [0.3, 0.4) is 0 Å². The summed E-state index contributed by atoms with van der Waals surface area (Å²) in [7, 11) is 2.80. The van der Waals surface area contributed by atoms with E-state index < -0.39 is 28.5 Å². The van der Waals surface area contributed by atoms with Crippen molar-refractivity contribution in [3.8, 4) is 28.7 Å². The normalized spacial score (nSPS) is 13.9. The van der Waals surface area contributed by atoms with Crippen molar-refractivity contribution in [2.45, 2.75) is 69.0 Å². The van der Waals surface area contributed by atoms with Gasteiger partial charge in [0.15, 0.2) is 11.5 Å². The molecule has 13 heteroatoms. The van der Waals surface area contributed by atoms with Gasteiger partial charge in [-0.1, -0.05) is 38.3 Å². The molecule has 0 aliphatic heterocycles. The van der Waals surface area contributed by atoms with Crippen LogP contribution in [-0.2, 0) is 26.2 Å². The Kier molecular flexibility index (Phi) is 13.0. The highest BCUT2D eigenvalue weighted by Crippen LogP contribution is 2.38. The van der Waals surface area contributed by atoms with Crippen LogP contribution in [0.1, 0.15) is 51.0 Å². The average molecular weight is 698 g/mol. The van der Waals surface area contributed by atoms with Gasteiger partial charge in [0.1, 0.15) is 29.8 Å². The van der Waals surface area contributed by atoms with Crippen LogP contribution in [-0.4, -0.2) is 79.3 Å². The molecule has 0 heterocycles. The number of benzene rings is 3. The summed E-state index contributed by atoms with van der Waals surface area (Å²) in [6.07, 6.45) is 5.23. The first-order chi connectivity index (χ1) is 23.6.